The van der Waals surface area contributed by atoms with Crippen LogP contribution in [0.5, 0.6) is 11.5 Å². The Labute approximate surface area is 172 Å². The Bertz CT molecular complexity index is 1170. The average molecular weight is 429 g/mol. The summed E-state index contributed by atoms with van der Waals surface area (Å²) in [7, 11) is -3.30. The predicted molar refractivity (Wildman–Crippen MR) is 107 cm³/mol. The Kier molecular flexibility index (Phi) is 5.17. The largest absolute Gasteiger partial charge is 0.482 e. The van der Waals surface area contributed by atoms with Crippen molar-refractivity contribution >= 4 is 21.8 Å². The number of ether oxygens (including phenoxy) is 2. The first-order valence-corrected chi connectivity index (χ1v) is 10.9. The smallest absolute Gasteiger partial charge is 0.322 e. The molecular formula is C20H19N3O6S. The highest BCUT2D eigenvalue weighted by Crippen LogP contribution is 2.33. The van der Waals surface area contributed by atoms with Crippen LogP contribution >= 0.6 is 0 Å². The minimum absolute atomic E-state index is 0.0128. The van der Waals surface area contributed by atoms with E-state index in [1.54, 1.807) is 44.2 Å². The van der Waals surface area contributed by atoms with Crippen molar-refractivity contribution in [2.75, 3.05) is 11.1 Å². The zero-order valence-electron chi connectivity index (χ0n) is 16.2. The summed E-state index contributed by atoms with van der Waals surface area (Å²) < 4.78 is 40.8. The maximum atomic E-state index is 12.6. The minimum atomic E-state index is -3.30. The third-order valence-electron chi connectivity index (χ3n) is 4.60. The molecule has 1 aromatic heterocycles. The molecule has 2 unspecified atom stereocenters. The van der Waals surface area contributed by atoms with E-state index in [0.29, 0.717) is 17.1 Å². The Morgan fingerprint density at radius 2 is 1.70 bits per heavy atom. The summed E-state index contributed by atoms with van der Waals surface area (Å²) in [4.78, 5) is 12.8. The van der Waals surface area contributed by atoms with Crippen LogP contribution in [0, 0.1) is 0 Å². The molecule has 0 radical (unpaired) electrons. The second-order valence-corrected chi connectivity index (χ2v) is 8.92. The maximum Gasteiger partial charge on any atom is 0.322 e. The molecule has 1 amide bonds. The molecule has 3 aromatic rings. The molecule has 1 aliphatic rings. The second-order valence-electron chi connectivity index (χ2n) is 6.64. The molecule has 9 nitrogen and oxygen atoms in total. The molecule has 156 valence electrons. The number of nitrogens with one attached hydrogen (secondary N) is 1. The lowest BCUT2D eigenvalue weighted by atomic mass is 10.1. The lowest BCUT2D eigenvalue weighted by Crippen LogP contribution is -2.46. The fourth-order valence-corrected chi connectivity index (χ4v) is 3.83. The van der Waals surface area contributed by atoms with E-state index in [1.807, 2.05) is 6.07 Å². The van der Waals surface area contributed by atoms with Gasteiger partial charge in [-0.15, -0.1) is 5.10 Å². The zero-order valence-corrected chi connectivity index (χ0v) is 17.0. The van der Waals surface area contributed by atoms with Gasteiger partial charge in [-0.05, 0) is 43.3 Å². The number of amides is 1. The highest BCUT2D eigenvalue weighted by atomic mass is 32.2. The highest BCUT2D eigenvalue weighted by molar-refractivity contribution is 7.91. The van der Waals surface area contributed by atoms with E-state index < -0.39 is 28.0 Å². The molecule has 4 rings (SSSR count). The number of para-hydroxylation sites is 2. The van der Waals surface area contributed by atoms with Gasteiger partial charge >= 0.3 is 6.01 Å². The number of carbonyl (C=O) groups excluding carboxylic acids is 1. The van der Waals surface area contributed by atoms with Crippen LogP contribution < -0.4 is 14.8 Å². The van der Waals surface area contributed by atoms with Gasteiger partial charge in [-0.2, -0.15) is 0 Å². The molecule has 0 bridgehead atoms. The molecule has 2 aromatic carbocycles. The van der Waals surface area contributed by atoms with E-state index in [1.165, 1.54) is 12.1 Å². The summed E-state index contributed by atoms with van der Waals surface area (Å²) >= 11 is 0. The summed E-state index contributed by atoms with van der Waals surface area (Å²) in [6, 6.07) is 13.1. The van der Waals surface area contributed by atoms with Crippen LogP contribution in [0.25, 0.3) is 11.5 Å². The topological polar surface area (TPSA) is 121 Å². The van der Waals surface area contributed by atoms with Crippen LogP contribution in [0.2, 0.25) is 0 Å². The molecular weight excluding hydrogens is 410 g/mol. The molecule has 0 spiro atoms. The van der Waals surface area contributed by atoms with Crippen LogP contribution in [0.4, 0.5) is 6.01 Å². The summed E-state index contributed by atoms with van der Waals surface area (Å²) in [6.45, 7) is 3.31. The van der Waals surface area contributed by atoms with Crippen molar-refractivity contribution in [1.29, 1.82) is 0 Å². The predicted octanol–water partition coefficient (Wildman–Crippen LogP) is 2.70. The van der Waals surface area contributed by atoms with Gasteiger partial charge in [0.15, 0.2) is 21.3 Å². The van der Waals surface area contributed by atoms with Gasteiger partial charge < -0.3 is 13.9 Å². The zero-order chi connectivity index (χ0) is 21.3. The molecule has 0 saturated heterocycles. The highest BCUT2D eigenvalue weighted by Gasteiger charge is 2.34. The number of carbonyl (C=O) groups is 1. The number of nitrogens with zero attached hydrogens (tertiary/aromatic N) is 2. The Hall–Kier alpha value is -3.40. The summed E-state index contributed by atoms with van der Waals surface area (Å²) in [6.07, 6.45) is -1.41. The Morgan fingerprint density at radius 1 is 1.03 bits per heavy atom. The Morgan fingerprint density at radius 3 is 2.37 bits per heavy atom. The van der Waals surface area contributed by atoms with Gasteiger partial charge in [-0.1, -0.05) is 24.2 Å². The second kappa shape index (κ2) is 7.79. The number of hydrogen-bond donors (Lipinski definition) is 1. The number of sulfone groups is 1. The first-order chi connectivity index (χ1) is 14.4. The molecule has 10 heteroatoms. The van der Waals surface area contributed by atoms with Crippen molar-refractivity contribution in [3.8, 4) is 23.0 Å². The molecule has 1 aliphatic heterocycles. The van der Waals surface area contributed by atoms with Crippen molar-refractivity contribution in [2.45, 2.75) is 31.0 Å². The number of rotatable bonds is 5. The molecule has 2 atom stereocenters. The fourth-order valence-electron chi connectivity index (χ4n) is 2.94. The van der Waals surface area contributed by atoms with Gasteiger partial charge in [0.05, 0.1) is 10.6 Å². The summed E-state index contributed by atoms with van der Waals surface area (Å²) in [5, 5.41) is 10.2. The molecule has 1 N–H and O–H groups in total. The third kappa shape index (κ3) is 3.86. The van der Waals surface area contributed by atoms with E-state index in [-0.39, 0.29) is 22.6 Å². The van der Waals surface area contributed by atoms with Gasteiger partial charge in [-0.3, -0.25) is 10.1 Å². The van der Waals surface area contributed by atoms with Crippen LogP contribution in [-0.2, 0) is 14.6 Å². The van der Waals surface area contributed by atoms with E-state index in [9.17, 15) is 13.2 Å². The van der Waals surface area contributed by atoms with E-state index in [2.05, 4.69) is 15.5 Å². The van der Waals surface area contributed by atoms with Crippen molar-refractivity contribution in [3.05, 3.63) is 48.5 Å². The van der Waals surface area contributed by atoms with Crippen LogP contribution in [-0.4, -0.2) is 42.5 Å². The SMILES string of the molecule is CCS(=O)(=O)c1ccc(-c2nnc(NC(=O)C3Oc4ccccc4OC3C)o2)cc1. The quantitative estimate of drug-likeness (QED) is 0.657. The number of aromatic nitrogens is 2. The number of fused-ring (bicyclic) bond motifs is 1. The average Bonchev–Trinajstić information content (AvgIpc) is 3.21. The third-order valence-corrected chi connectivity index (χ3v) is 6.35. The monoisotopic (exact) mass is 429 g/mol. The molecule has 0 aliphatic carbocycles. The van der Waals surface area contributed by atoms with E-state index in [0.717, 1.165) is 0 Å². The number of anilines is 1. The molecule has 0 saturated carbocycles. The molecule has 0 fully saturated rings. The molecule has 2 heterocycles. The van der Waals surface area contributed by atoms with Gasteiger partial charge in [0, 0.05) is 5.56 Å². The number of benzene rings is 2. The van der Waals surface area contributed by atoms with Gasteiger partial charge in [-0.25, -0.2) is 8.42 Å². The van der Waals surface area contributed by atoms with Gasteiger partial charge in [0.1, 0.15) is 6.10 Å². The Balaban J connectivity index is 1.46. The van der Waals surface area contributed by atoms with Crippen molar-refractivity contribution in [2.24, 2.45) is 0 Å². The van der Waals surface area contributed by atoms with Crippen LogP contribution in [0.1, 0.15) is 13.8 Å². The first kappa shape index (κ1) is 19.9. The summed E-state index contributed by atoms with van der Waals surface area (Å²) in [5.41, 5.74) is 0.526. The van der Waals surface area contributed by atoms with E-state index in [4.69, 9.17) is 13.9 Å². The first-order valence-electron chi connectivity index (χ1n) is 9.27. The lowest BCUT2D eigenvalue weighted by molar-refractivity contribution is -0.128. The van der Waals surface area contributed by atoms with Gasteiger partial charge in [0.2, 0.25) is 12.0 Å². The number of hydrogen-bond acceptors (Lipinski definition) is 8. The van der Waals surface area contributed by atoms with Crippen LogP contribution in [0.15, 0.2) is 57.8 Å². The van der Waals surface area contributed by atoms with E-state index >= 15 is 0 Å². The maximum absolute atomic E-state index is 12.6. The lowest BCUT2D eigenvalue weighted by Gasteiger charge is -2.30. The van der Waals surface area contributed by atoms with Crippen LogP contribution in [0.3, 0.4) is 0 Å². The molecule has 30 heavy (non-hydrogen) atoms. The standard InChI is InChI=1S/C20H19N3O6S/c1-3-30(25,26)14-10-8-13(9-11-14)19-22-23-20(29-19)21-18(24)17-12(2)27-15-6-4-5-7-16(15)28-17/h4-12,17H,3H2,1-2H3,(H,21,23,24). The summed E-state index contributed by atoms with van der Waals surface area (Å²) in [5.74, 6) is 0.715. The van der Waals surface area contributed by atoms with Crippen molar-refractivity contribution in [1.82, 2.24) is 10.2 Å². The van der Waals surface area contributed by atoms with Crippen molar-refractivity contribution in [3.63, 3.8) is 0 Å². The fraction of sp³-hybridized carbons (Fsp3) is 0.250. The van der Waals surface area contributed by atoms with Gasteiger partial charge in [0.25, 0.3) is 5.91 Å². The van der Waals surface area contributed by atoms with Crippen molar-refractivity contribution < 1.29 is 27.1 Å². The normalized spacial score (nSPS) is 18.1. The minimum Gasteiger partial charge on any atom is -0.482 e.